The van der Waals surface area contributed by atoms with Crippen LogP contribution >= 0.6 is 0 Å². The summed E-state index contributed by atoms with van der Waals surface area (Å²) in [5.74, 6) is -2.38. The highest BCUT2D eigenvalue weighted by molar-refractivity contribution is 6.38. The van der Waals surface area contributed by atoms with Gasteiger partial charge in [0.15, 0.2) is 0 Å². The van der Waals surface area contributed by atoms with E-state index in [2.05, 4.69) is 43.0 Å². The lowest BCUT2D eigenvalue weighted by atomic mass is 9.90. The van der Waals surface area contributed by atoms with Crippen molar-refractivity contribution in [3.05, 3.63) is 25.3 Å². The van der Waals surface area contributed by atoms with Crippen LogP contribution in [0.5, 0.6) is 0 Å². The van der Waals surface area contributed by atoms with Crippen molar-refractivity contribution in [3.63, 3.8) is 0 Å². The fourth-order valence-electron chi connectivity index (χ4n) is 5.09. The number of carbonyl (C=O) groups excluding carboxylic acids is 5. The first kappa shape index (κ1) is 35.1. The molecule has 3 N–H and O–H groups in total. The Morgan fingerprint density at radius 3 is 2.12 bits per heavy atom. The maximum absolute atomic E-state index is 13.7. The second-order valence-corrected chi connectivity index (χ2v) is 12.0. The van der Waals surface area contributed by atoms with Crippen LogP contribution in [0.1, 0.15) is 98.8 Å². The maximum atomic E-state index is 13.7. The average Bonchev–Trinajstić information content (AvgIpc) is 3.59. The normalized spacial score (nSPS) is 18.5. The molecule has 0 aromatic heterocycles. The molecule has 1 heterocycles. The Bertz CT molecular complexity index is 889. The fraction of sp³-hybridized carbons (Fsp3) is 0.710. The molecule has 1 aliphatic heterocycles. The third-order valence-electron chi connectivity index (χ3n) is 6.91. The smallest absolute Gasteiger partial charge is 0.289 e. The number of likely N-dealkylation sites (tertiary alicyclic amines) is 1. The largest absolute Gasteiger partial charge is 0.346 e. The molecular weight excluding hydrogens is 508 g/mol. The molecule has 9 nitrogen and oxygen atoms in total. The predicted molar refractivity (Wildman–Crippen MR) is 158 cm³/mol. The van der Waals surface area contributed by atoms with Crippen molar-refractivity contribution in [1.82, 2.24) is 20.9 Å². The number of amides is 4. The molecule has 0 bridgehead atoms. The molecule has 0 spiro atoms. The molecule has 1 saturated heterocycles. The monoisotopic (exact) mass is 560 g/mol. The van der Waals surface area contributed by atoms with E-state index in [9.17, 15) is 24.0 Å². The molecule has 0 radical (unpaired) electrons. The van der Waals surface area contributed by atoms with Gasteiger partial charge in [0.05, 0.1) is 6.04 Å². The SMILES string of the molecule is C=CCCC(NC(=O)[C@@H]1CCCN1C(=O)[C@@H](NC(=O)CC(C)(C)C)C1CCCC1)C(=O)C(=O)NCC=C.CCC. The zero-order chi connectivity index (χ0) is 30.3. The van der Waals surface area contributed by atoms with Crippen LogP contribution in [0, 0.1) is 11.3 Å². The lowest BCUT2D eigenvalue weighted by Crippen LogP contribution is -2.57. The molecule has 1 aliphatic carbocycles. The minimum Gasteiger partial charge on any atom is -0.346 e. The van der Waals surface area contributed by atoms with Gasteiger partial charge < -0.3 is 20.9 Å². The van der Waals surface area contributed by atoms with Crippen molar-refractivity contribution in [2.75, 3.05) is 13.1 Å². The molecule has 2 fully saturated rings. The molecular formula is C31H52N4O5. The van der Waals surface area contributed by atoms with Crippen molar-refractivity contribution in [1.29, 1.82) is 0 Å². The highest BCUT2D eigenvalue weighted by Gasteiger charge is 2.42. The third-order valence-corrected chi connectivity index (χ3v) is 6.91. The summed E-state index contributed by atoms with van der Waals surface area (Å²) in [5.41, 5.74) is -0.214. The van der Waals surface area contributed by atoms with Gasteiger partial charge in [0.2, 0.25) is 23.5 Å². The average molecular weight is 561 g/mol. The minimum atomic E-state index is -1.02. The van der Waals surface area contributed by atoms with Crippen LogP contribution in [0.3, 0.4) is 0 Å². The highest BCUT2D eigenvalue weighted by atomic mass is 16.2. The number of hydrogen-bond donors (Lipinski definition) is 3. The van der Waals surface area contributed by atoms with Crippen LogP contribution in [0.25, 0.3) is 0 Å². The molecule has 1 saturated carbocycles. The van der Waals surface area contributed by atoms with Gasteiger partial charge >= 0.3 is 0 Å². The number of Topliss-reactive ketones (excluding diaryl/α,β-unsaturated/α-hetero) is 1. The Balaban J connectivity index is 0.00000254. The Labute approximate surface area is 241 Å². The van der Waals surface area contributed by atoms with E-state index in [4.69, 9.17) is 0 Å². The quantitative estimate of drug-likeness (QED) is 0.233. The van der Waals surface area contributed by atoms with Gasteiger partial charge in [-0.3, -0.25) is 24.0 Å². The summed E-state index contributed by atoms with van der Waals surface area (Å²) < 4.78 is 0. The van der Waals surface area contributed by atoms with E-state index < -0.39 is 35.7 Å². The summed E-state index contributed by atoms with van der Waals surface area (Å²) in [6.45, 7) is 17.9. The zero-order valence-electron chi connectivity index (χ0n) is 25.4. The van der Waals surface area contributed by atoms with Gasteiger partial charge in [-0.25, -0.2) is 0 Å². The van der Waals surface area contributed by atoms with Crippen molar-refractivity contribution < 1.29 is 24.0 Å². The van der Waals surface area contributed by atoms with Crippen molar-refractivity contribution in [2.45, 2.75) is 117 Å². The number of nitrogens with one attached hydrogen (secondary N) is 3. The summed E-state index contributed by atoms with van der Waals surface area (Å²) in [5, 5.41) is 8.15. The number of ketones is 1. The second kappa shape index (κ2) is 17.7. The van der Waals surface area contributed by atoms with E-state index in [0.29, 0.717) is 32.2 Å². The lowest BCUT2D eigenvalue weighted by molar-refractivity contribution is -0.144. The first-order valence-electron chi connectivity index (χ1n) is 14.8. The summed E-state index contributed by atoms with van der Waals surface area (Å²) in [6, 6.07) is -2.45. The first-order valence-corrected chi connectivity index (χ1v) is 14.8. The lowest BCUT2D eigenvalue weighted by Gasteiger charge is -2.32. The minimum absolute atomic E-state index is 0.0382. The molecule has 4 amide bonds. The molecule has 9 heteroatoms. The van der Waals surface area contributed by atoms with E-state index in [1.165, 1.54) is 12.5 Å². The number of rotatable bonds is 13. The highest BCUT2D eigenvalue weighted by Crippen LogP contribution is 2.31. The van der Waals surface area contributed by atoms with Crippen LogP contribution in [0.2, 0.25) is 0 Å². The Morgan fingerprint density at radius 1 is 0.950 bits per heavy atom. The van der Waals surface area contributed by atoms with Crippen LogP contribution in [-0.2, 0) is 24.0 Å². The van der Waals surface area contributed by atoms with Gasteiger partial charge in [-0.2, -0.15) is 0 Å². The van der Waals surface area contributed by atoms with Crippen LogP contribution in [0.15, 0.2) is 25.3 Å². The summed E-state index contributed by atoms with van der Waals surface area (Å²) in [6.07, 6.45) is 10.1. The van der Waals surface area contributed by atoms with Gasteiger partial charge in [0, 0.05) is 19.5 Å². The van der Waals surface area contributed by atoms with Gasteiger partial charge in [-0.05, 0) is 49.9 Å². The van der Waals surface area contributed by atoms with Crippen LogP contribution in [-0.4, -0.2) is 65.5 Å². The van der Waals surface area contributed by atoms with E-state index in [1.54, 1.807) is 11.0 Å². The van der Waals surface area contributed by atoms with Gasteiger partial charge in [0.25, 0.3) is 5.91 Å². The molecule has 0 aromatic rings. The fourth-order valence-corrected chi connectivity index (χ4v) is 5.09. The Kier molecular flexibility index (Phi) is 15.5. The number of nitrogens with zero attached hydrogens (tertiary/aromatic N) is 1. The van der Waals surface area contributed by atoms with Gasteiger partial charge in [-0.15, -0.1) is 13.2 Å². The molecule has 40 heavy (non-hydrogen) atoms. The Morgan fingerprint density at radius 2 is 1.57 bits per heavy atom. The van der Waals surface area contributed by atoms with Gasteiger partial charge in [0.1, 0.15) is 12.1 Å². The van der Waals surface area contributed by atoms with Crippen LogP contribution in [0.4, 0.5) is 0 Å². The predicted octanol–water partition coefficient (Wildman–Crippen LogP) is 3.83. The number of hydrogen-bond acceptors (Lipinski definition) is 5. The molecule has 3 atom stereocenters. The molecule has 2 aliphatic rings. The zero-order valence-corrected chi connectivity index (χ0v) is 25.4. The second-order valence-electron chi connectivity index (χ2n) is 12.0. The van der Waals surface area contributed by atoms with Crippen LogP contribution < -0.4 is 16.0 Å². The summed E-state index contributed by atoms with van der Waals surface area (Å²) >= 11 is 0. The van der Waals surface area contributed by atoms with Crippen molar-refractivity contribution in [2.24, 2.45) is 11.3 Å². The van der Waals surface area contributed by atoms with Crippen molar-refractivity contribution >= 4 is 29.4 Å². The maximum Gasteiger partial charge on any atom is 0.289 e. The van der Waals surface area contributed by atoms with Crippen molar-refractivity contribution in [3.8, 4) is 0 Å². The molecule has 2 rings (SSSR count). The van der Waals surface area contributed by atoms with E-state index in [-0.39, 0.29) is 36.1 Å². The van der Waals surface area contributed by atoms with E-state index in [1.807, 2.05) is 20.8 Å². The molecule has 226 valence electrons. The number of carbonyl (C=O) groups is 5. The topological polar surface area (TPSA) is 125 Å². The molecule has 0 aromatic carbocycles. The molecule has 1 unspecified atom stereocenters. The summed E-state index contributed by atoms with van der Waals surface area (Å²) in [7, 11) is 0. The third kappa shape index (κ3) is 11.6. The van der Waals surface area contributed by atoms with Gasteiger partial charge in [-0.1, -0.05) is 66.0 Å². The van der Waals surface area contributed by atoms with E-state index >= 15 is 0 Å². The Hall–Kier alpha value is -2.97. The summed E-state index contributed by atoms with van der Waals surface area (Å²) in [4.78, 5) is 66.3. The number of allylic oxidation sites excluding steroid dienone is 1. The van der Waals surface area contributed by atoms with E-state index in [0.717, 1.165) is 25.7 Å². The first-order chi connectivity index (χ1) is 18.9. The standard InChI is InChI=1S/C28H44N4O5.C3H8/c1-6-8-14-20(24(34)26(36)29-16-7-2)30-25(35)21-15-11-17-32(21)27(37)23(19-12-9-10-13-19)31-22(33)18-28(3,4)5;1-3-2/h6-7,19-21,23H,1-2,8-18H2,3-5H3,(H,29,36)(H,30,35)(H,31,33);3H2,1-2H3/t20?,21-,23-;/m0./s1.